The maximum atomic E-state index is 13.8. The lowest BCUT2D eigenvalue weighted by Crippen LogP contribution is -2.45. The number of para-hydroxylation sites is 2. The number of halogens is 2. The fraction of sp³-hybridized carbons (Fsp3) is 0.269. The van der Waals surface area contributed by atoms with Gasteiger partial charge in [-0.3, -0.25) is 0 Å². The summed E-state index contributed by atoms with van der Waals surface area (Å²) in [6, 6.07) is 19.7. The summed E-state index contributed by atoms with van der Waals surface area (Å²) >= 11 is 0. The van der Waals surface area contributed by atoms with Gasteiger partial charge in [-0.25, -0.2) is 26.9 Å². The largest absolute Gasteiger partial charge is 0.342 e. The van der Waals surface area contributed by atoms with E-state index in [1.165, 1.54) is 36.4 Å². The molecule has 0 amide bonds. The summed E-state index contributed by atoms with van der Waals surface area (Å²) in [6.45, 7) is 1.75. The minimum atomic E-state index is -3.55. The second-order valence-corrected chi connectivity index (χ2v) is 10.6. The molecule has 0 atom stereocenters. The standard InChI is InChI=1S/C26H26F2N4O2S/c27-21-10-8-19(9-11-21)18-35(33,34)30-23-12-14-31(15-13-23)26-29-24-6-1-2-7-25(24)32(26)17-20-4-3-5-22(28)16-20/h1-11,16,23,30H,12-15,17-18H2. The van der Waals surface area contributed by atoms with Gasteiger partial charge < -0.3 is 9.47 Å². The summed E-state index contributed by atoms with van der Waals surface area (Å²) in [5, 5.41) is 0. The number of aromatic nitrogens is 2. The van der Waals surface area contributed by atoms with Crippen molar-refractivity contribution < 1.29 is 17.2 Å². The Balaban J connectivity index is 1.29. The van der Waals surface area contributed by atoms with Gasteiger partial charge in [0.25, 0.3) is 0 Å². The third-order valence-corrected chi connectivity index (χ3v) is 7.66. The Kier molecular flexibility index (Phi) is 6.53. The molecule has 1 N–H and O–H groups in total. The summed E-state index contributed by atoms with van der Waals surface area (Å²) in [6.07, 6.45) is 1.26. The van der Waals surface area contributed by atoms with Crippen molar-refractivity contribution in [2.45, 2.75) is 31.2 Å². The third-order valence-electron chi connectivity index (χ3n) is 6.26. The fourth-order valence-electron chi connectivity index (χ4n) is 4.57. The fourth-order valence-corrected chi connectivity index (χ4v) is 6.03. The van der Waals surface area contributed by atoms with Crippen LogP contribution in [0, 0.1) is 11.6 Å². The molecule has 0 unspecified atom stereocenters. The highest BCUT2D eigenvalue weighted by molar-refractivity contribution is 7.88. The maximum Gasteiger partial charge on any atom is 0.216 e. The first-order valence-corrected chi connectivity index (χ1v) is 13.2. The first kappa shape index (κ1) is 23.4. The monoisotopic (exact) mass is 496 g/mol. The number of hydrogen-bond acceptors (Lipinski definition) is 4. The molecule has 1 aromatic heterocycles. The van der Waals surface area contributed by atoms with Crippen LogP contribution in [0.2, 0.25) is 0 Å². The van der Waals surface area contributed by atoms with Crippen LogP contribution in [0.5, 0.6) is 0 Å². The van der Waals surface area contributed by atoms with Crippen LogP contribution in [0.15, 0.2) is 72.8 Å². The Bertz CT molecular complexity index is 1430. The van der Waals surface area contributed by atoms with Gasteiger partial charge in [-0.05, 0) is 60.4 Å². The average Bonchev–Trinajstić information content (AvgIpc) is 3.19. The minimum absolute atomic E-state index is 0.183. The lowest BCUT2D eigenvalue weighted by molar-refractivity contribution is 0.453. The Morgan fingerprint density at radius 3 is 2.37 bits per heavy atom. The quantitative estimate of drug-likeness (QED) is 0.411. The zero-order chi connectivity index (χ0) is 24.4. The molecule has 0 saturated carbocycles. The van der Waals surface area contributed by atoms with Gasteiger partial charge in [0, 0.05) is 19.1 Å². The molecule has 2 heterocycles. The maximum absolute atomic E-state index is 13.8. The van der Waals surface area contributed by atoms with E-state index in [1.807, 2.05) is 30.3 Å². The number of imidazole rings is 1. The normalized spacial score (nSPS) is 15.1. The van der Waals surface area contributed by atoms with Crippen molar-refractivity contribution in [1.29, 1.82) is 0 Å². The molecule has 35 heavy (non-hydrogen) atoms. The molecule has 1 aliphatic rings. The topological polar surface area (TPSA) is 67.2 Å². The van der Waals surface area contributed by atoms with Crippen LogP contribution in [0.25, 0.3) is 11.0 Å². The smallest absolute Gasteiger partial charge is 0.216 e. The highest BCUT2D eigenvalue weighted by Gasteiger charge is 2.26. The minimum Gasteiger partial charge on any atom is -0.342 e. The van der Waals surface area contributed by atoms with E-state index in [9.17, 15) is 17.2 Å². The summed E-state index contributed by atoms with van der Waals surface area (Å²) in [5.41, 5.74) is 3.22. The van der Waals surface area contributed by atoms with Crippen molar-refractivity contribution in [3.8, 4) is 0 Å². The number of sulfonamides is 1. The van der Waals surface area contributed by atoms with Gasteiger partial charge in [-0.15, -0.1) is 0 Å². The van der Waals surface area contributed by atoms with E-state index in [-0.39, 0.29) is 17.6 Å². The Hall–Kier alpha value is -3.30. The zero-order valence-corrected chi connectivity index (χ0v) is 19.9. The van der Waals surface area contributed by atoms with Crippen molar-refractivity contribution in [1.82, 2.24) is 14.3 Å². The van der Waals surface area contributed by atoms with Crippen LogP contribution in [-0.2, 0) is 22.3 Å². The van der Waals surface area contributed by atoms with E-state index in [4.69, 9.17) is 4.98 Å². The molecular weight excluding hydrogens is 470 g/mol. The number of nitrogens with zero attached hydrogens (tertiary/aromatic N) is 3. The van der Waals surface area contributed by atoms with Crippen LogP contribution in [0.3, 0.4) is 0 Å². The summed E-state index contributed by atoms with van der Waals surface area (Å²) in [4.78, 5) is 7.00. The van der Waals surface area contributed by atoms with Gasteiger partial charge in [0.15, 0.2) is 0 Å². The van der Waals surface area contributed by atoms with Crippen LogP contribution < -0.4 is 9.62 Å². The van der Waals surface area contributed by atoms with Crippen LogP contribution >= 0.6 is 0 Å². The van der Waals surface area contributed by atoms with E-state index in [0.29, 0.717) is 38.0 Å². The molecule has 1 fully saturated rings. The number of fused-ring (bicyclic) bond motifs is 1. The number of nitrogens with one attached hydrogen (secondary N) is 1. The highest BCUT2D eigenvalue weighted by atomic mass is 32.2. The second-order valence-electron chi connectivity index (χ2n) is 8.88. The van der Waals surface area contributed by atoms with E-state index < -0.39 is 15.8 Å². The number of hydrogen-bond donors (Lipinski definition) is 1. The molecule has 0 spiro atoms. The lowest BCUT2D eigenvalue weighted by atomic mass is 10.1. The van der Waals surface area contributed by atoms with E-state index in [1.54, 1.807) is 6.07 Å². The van der Waals surface area contributed by atoms with Crippen molar-refractivity contribution >= 4 is 27.0 Å². The molecule has 0 bridgehead atoms. The van der Waals surface area contributed by atoms with E-state index in [0.717, 1.165) is 22.5 Å². The first-order chi connectivity index (χ1) is 16.9. The number of benzene rings is 3. The van der Waals surface area contributed by atoms with Gasteiger partial charge in [-0.2, -0.15) is 0 Å². The average molecular weight is 497 g/mol. The van der Waals surface area contributed by atoms with Gasteiger partial charge >= 0.3 is 0 Å². The molecule has 9 heteroatoms. The van der Waals surface area contributed by atoms with Crippen LogP contribution in [-0.4, -0.2) is 37.1 Å². The van der Waals surface area contributed by atoms with Crippen LogP contribution in [0.4, 0.5) is 14.7 Å². The lowest BCUT2D eigenvalue weighted by Gasteiger charge is -2.33. The SMILES string of the molecule is O=S(=O)(Cc1ccc(F)cc1)NC1CCN(c2nc3ccccc3n2Cc2cccc(F)c2)CC1. The molecule has 3 aromatic carbocycles. The molecule has 1 aliphatic heterocycles. The molecule has 6 nitrogen and oxygen atoms in total. The van der Waals surface area contributed by atoms with Gasteiger partial charge in [0.2, 0.25) is 16.0 Å². The zero-order valence-electron chi connectivity index (χ0n) is 19.1. The molecule has 5 rings (SSSR count). The highest BCUT2D eigenvalue weighted by Crippen LogP contribution is 2.27. The summed E-state index contributed by atoms with van der Waals surface area (Å²) < 4.78 is 57.1. The second kappa shape index (κ2) is 9.75. The first-order valence-electron chi connectivity index (χ1n) is 11.6. The molecule has 1 saturated heterocycles. The van der Waals surface area contributed by atoms with E-state index >= 15 is 0 Å². The predicted molar refractivity (Wildman–Crippen MR) is 133 cm³/mol. The van der Waals surface area contributed by atoms with Crippen molar-refractivity contribution in [3.63, 3.8) is 0 Å². The van der Waals surface area contributed by atoms with Crippen molar-refractivity contribution in [2.75, 3.05) is 18.0 Å². The Morgan fingerprint density at radius 1 is 0.886 bits per heavy atom. The molecule has 0 radical (unpaired) electrons. The Labute approximate surface area is 203 Å². The van der Waals surface area contributed by atoms with Gasteiger partial charge in [0.1, 0.15) is 11.6 Å². The van der Waals surface area contributed by atoms with Gasteiger partial charge in [-0.1, -0.05) is 36.4 Å². The van der Waals surface area contributed by atoms with Crippen molar-refractivity contribution in [3.05, 3.63) is 95.6 Å². The summed E-state index contributed by atoms with van der Waals surface area (Å²) in [5.74, 6) is -0.0584. The Morgan fingerprint density at radius 2 is 1.63 bits per heavy atom. The molecule has 182 valence electrons. The molecule has 4 aromatic rings. The summed E-state index contributed by atoms with van der Waals surface area (Å²) in [7, 11) is -3.55. The van der Waals surface area contributed by atoms with E-state index in [2.05, 4.69) is 14.2 Å². The number of rotatable bonds is 7. The molecular formula is C26H26F2N4O2S. The number of anilines is 1. The van der Waals surface area contributed by atoms with Gasteiger partial charge in [0.05, 0.1) is 23.3 Å². The third kappa shape index (κ3) is 5.52. The molecule has 0 aliphatic carbocycles. The van der Waals surface area contributed by atoms with Crippen molar-refractivity contribution in [2.24, 2.45) is 0 Å². The predicted octanol–water partition coefficient (Wildman–Crippen LogP) is 4.45. The van der Waals surface area contributed by atoms with Crippen LogP contribution in [0.1, 0.15) is 24.0 Å². The number of piperidine rings is 1.